The number of para-hydroxylation sites is 1. The summed E-state index contributed by atoms with van der Waals surface area (Å²) < 4.78 is 1.65. The molecule has 3 rings (SSSR count). The number of rotatable bonds is 3. The molecule has 0 fully saturated rings. The SMILES string of the molecule is Cn1c(C(=O)O)c(C(Cl)c2ccccc2Cl)c2ccccc21. The third kappa shape index (κ3) is 2.27. The van der Waals surface area contributed by atoms with Crippen LogP contribution in [0.2, 0.25) is 5.02 Å². The first-order valence-electron chi connectivity index (χ1n) is 6.71. The molecule has 1 heterocycles. The van der Waals surface area contributed by atoms with Gasteiger partial charge in [-0.05, 0) is 17.7 Å². The van der Waals surface area contributed by atoms with Crippen LogP contribution in [-0.2, 0) is 7.05 Å². The Morgan fingerprint density at radius 3 is 2.45 bits per heavy atom. The van der Waals surface area contributed by atoms with Crippen LogP contribution < -0.4 is 0 Å². The summed E-state index contributed by atoms with van der Waals surface area (Å²) in [5.74, 6) is -1.01. The molecule has 0 aliphatic rings. The molecule has 1 aromatic heterocycles. The lowest BCUT2D eigenvalue weighted by molar-refractivity contribution is 0.0686. The molecule has 0 bridgehead atoms. The molecule has 0 spiro atoms. The highest BCUT2D eigenvalue weighted by molar-refractivity contribution is 6.33. The molecular formula is C17H13Cl2NO2. The molecule has 5 heteroatoms. The van der Waals surface area contributed by atoms with E-state index in [2.05, 4.69) is 0 Å². The van der Waals surface area contributed by atoms with Crippen molar-refractivity contribution in [3.05, 3.63) is 70.4 Å². The van der Waals surface area contributed by atoms with Gasteiger partial charge in [0, 0.05) is 28.5 Å². The minimum atomic E-state index is -1.01. The summed E-state index contributed by atoms with van der Waals surface area (Å²) >= 11 is 12.8. The first-order valence-corrected chi connectivity index (χ1v) is 7.53. The number of hydrogen-bond donors (Lipinski definition) is 1. The quantitative estimate of drug-likeness (QED) is 0.695. The van der Waals surface area contributed by atoms with Crippen LogP contribution in [0.4, 0.5) is 0 Å². The van der Waals surface area contributed by atoms with Crippen LogP contribution >= 0.6 is 23.2 Å². The van der Waals surface area contributed by atoms with Crippen molar-refractivity contribution in [1.82, 2.24) is 4.57 Å². The van der Waals surface area contributed by atoms with E-state index in [1.165, 1.54) is 0 Å². The van der Waals surface area contributed by atoms with Crippen molar-refractivity contribution >= 4 is 40.1 Å². The molecule has 1 N–H and O–H groups in total. The molecule has 0 radical (unpaired) electrons. The van der Waals surface area contributed by atoms with Crippen LogP contribution in [0.3, 0.4) is 0 Å². The van der Waals surface area contributed by atoms with Crippen molar-refractivity contribution in [1.29, 1.82) is 0 Å². The number of hydrogen-bond acceptors (Lipinski definition) is 1. The molecule has 0 aliphatic carbocycles. The lowest BCUT2D eigenvalue weighted by atomic mass is 10.0. The molecule has 0 amide bonds. The van der Waals surface area contributed by atoms with E-state index in [9.17, 15) is 9.90 Å². The number of alkyl halides is 1. The Morgan fingerprint density at radius 2 is 1.77 bits per heavy atom. The van der Waals surface area contributed by atoms with E-state index in [0.29, 0.717) is 16.1 Å². The minimum Gasteiger partial charge on any atom is -0.477 e. The number of carboxylic acid groups (broad SMARTS) is 1. The van der Waals surface area contributed by atoms with Gasteiger partial charge in [-0.25, -0.2) is 4.79 Å². The lowest BCUT2D eigenvalue weighted by Gasteiger charge is -2.13. The highest BCUT2D eigenvalue weighted by atomic mass is 35.5. The summed E-state index contributed by atoms with van der Waals surface area (Å²) in [6, 6.07) is 14.7. The Hall–Kier alpha value is -1.97. The second kappa shape index (κ2) is 5.67. The summed E-state index contributed by atoms with van der Waals surface area (Å²) in [5.41, 5.74) is 2.28. The number of fused-ring (bicyclic) bond motifs is 1. The Labute approximate surface area is 137 Å². The van der Waals surface area contributed by atoms with E-state index in [-0.39, 0.29) is 5.69 Å². The second-order valence-corrected chi connectivity index (χ2v) is 5.87. The van der Waals surface area contributed by atoms with Crippen molar-refractivity contribution in [2.24, 2.45) is 7.05 Å². The number of carbonyl (C=O) groups is 1. The van der Waals surface area contributed by atoms with Crippen LogP contribution in [0.1, 0.15) is 27.0 Å². The first-order chi connectivity index (χ1) is 10.5. The van der Waals surface area contributed by atoms with Crippen LogP contribution in [0, 0.1) is 0 Å². The Bertz CT molecular complexity index is 870. The van der Waals surface area contributed by atoms with Gasteiger partial charge in [-0.1, -0.05) is 48.0 Å². The zero-order chi connectivity index (χ0) is 15.9. The molecule has 3 aromatic rings. The number of halogens is 2. The van der Waals surface area contributed by atoms with Gasteiger partial charge < -0.3 is 9.67 Å². The van der Waals surface area contributed by atoms with Crippen LogP contribution in [0.15, 0.2) is 48.5 Å². The highest BCUT2D eigenvalue weighted by Crippen LogP contribution is 2.40. The number of aromatic nitrogens is 1. The van der Waals surface area contributed by atoms with Gasteiger partial charge in [-0.2, -0.15) is 0 Å². The number of aromatic carboxylic acids is 1. The zero-order valence-electron chi connectivity index (χ0n) is 11.8. The van der Waals surface area contributed by atoms with E-state index in [1.54, 1.807) is 17.7 Å². The van der Waals surface area contributed by atoms with Gasteiger partial charge in [0.2, 0.25) is 0 Å². The largest absolute Gasteiger partial charge is 0.477 e. The Morgan fingerprint density at radius 1 is 1.14 bits per heavy atom. The predicted octanol–water partition coefficient (Wildman–Crippen LogP) is 4.86. The van der Waals surface area contributed by atoms with Crippen molar-refractivity contribution in [2.75, 3.05) is 0 Å². The number of nitrogens with zero attached hydrogens (tertiary/aromatic N) is 1. The monoisotopic (exact) mass is 333 g/mol. The van der Waals surface area contributed by atoms with Crippen molar-refractivity contribution in [2.45, 2.75) is 5.38 Å². The van der Waals surface area contributed by atoms with Gasteiger partial charge in [-0.3, -0.25) is 0 Å². The van der Waals surface area contributed by atoms with Crippen LogP contribution in [0.5, 0.6) is 0 Å². The van der Waals surface area contributed by atoms with E-state index in [0.717, 1.165) is 10.9 Å². The summed E-state index contributed by atoms with van der Waals surface area (Å²) in [7, 11) is 1.73. The molecule has 112 valence electrons. The van der Waals surface area contributed by atoms with E-state index in [1.807, 2.05) is 42.5 Å². The number of aryl methyl sites for hydroxylation is 1. The molecule has 0 saturated carbocycles. The molecular weight excluding hydrogens is 321 g/mol. The van der Waals surface area contributed by atoms with Gasteiger partial charge in [0.15, 0.2) is 0 Å². The average Bonchev–Trinajstić information content (AvgIpc) is 2.81. The van der Waals surface area contributed by atoms with Gasteiger partial charge >= 0.3 is 5.97 Å². The van der Waals surface area contributed by atoms with Gasteiger partial charge in [0.25, 0.3) is 0 Å². The Balaban J connectivity index is 2.32. The normalized spacial score (nSPS) is 12.5. The van der Waals surface area contributed by atoms with Gasteiger partial charge in [-0.15, -0.1) is 11.6 Å². The minimum absolute atomic E-state index is 0.182. The molecule has 22 heavy (non-hydrogen) atoms. The van der Waals surface area contributed by atoms with E-state index in [4.69, 9.17) is 23.2 Å². The predicted molar refractivity (Wildman–Crippen MR) is 89.0 cm³/mol. The Kier molecular flexibility index (Phi) is 3.85. The molecule has 2 aromatic carbocycles. The molecule has 0 saturated heterocycles. The van der Waals surface area contributed by atoms with Crippen LogP contribution in [0.25, 0.3) is 10.9 Å². The van der Waals surface area contributed by atoms with Gasteiger partial charge in [0.05, 0.1) is 5.38 Å². The third-order valence-corrected chi connectivity index (χ3v) is 4.58. The zero-order valence-corrected chi connectivity index (χ0v) is 13.3. The number of benzene rings is 2. The molecule has 3 nitrogen and oxygen atoms in total. The maximum atomic E-state index is 11.7. The van der Waals surface area contributed by atoms with E-state index >= 15 is 0 Å². The maximum Gasteiger partial charge on any atom is 0.352 e. The highest BCUT2D eigenvalue weighted by Gasteiger charge is 2.27. The van der Waals surface area contributed by atoms with Crippen molar-refractivity contribution in [3.8, 4) is 0 Å². The molecule has 1 atom stereocenters. The summed E-state index contributed by atoms with van der Waals surface area (Å²) in [6.07, 6.45) is 0. The summed E-state index contributed by atoms with van der Waals surface area (Å²) in [5, 5.41) is 10.3. The molecule has 0 aliphatic heterocycles. The van der Waals surface area contributed by atoms with Crippen molar-refractivity contribution < 1.29 is 9.90 Å². The average molecular weight is 334 g/mol. The maximum absolute atomic E-state index is 11.7. The first kappa shape index (κ1) is 14.9. The van der Waals surface area contributed by atoms with Gasteiger partial charge in [0.1, 0.15) is 5.69 Å². The molecule has 1 unspecified atom stereocenters. The summed E-state index contributed by atoms with van der Waals surface area (Å²) in [4.78, 5) is 11.7. The summed E-state index contributed by atoms with van der Waals surface area (Å²) in [6.45, 7) is 0. The fourth-order valence-corrected chi connectivity index (χ4v) is 3.49. The van der Waals surface area contributed by atoms with Crippen LogP contribution in [-0.4, -0.2) is 15.6 Å². The number of carboxylic acids is 1. The lowest BCUT2D eigenvalue weighted by Crippen LogP contribution is -2.09. The topological polar surface area (TPSA) is 42.2 Å². The van der Waals surface area contributed by atoms with Crippen molar-refractivity contribution in [3.63, 3.8) is 0 Å². The third-order valence-electron chi connectivity index (χ3n) is 3.78. The fourth-order valence-electron chi connectivity index (χ4n) is 2.77. The second-order valence-electron chi connectivity index (χ2n) is 5.03. The smallest absolute Gasteiger partial charge is 0.352 e. The standard InChI is InChI=1S/C17H13Cl2NO2/c1-20-13-9-5-3-7-11(13)14(16(20)17(21)22)15(19)10-6-2-4-8-12(10)18/h2-9,15H,1H3,(H,21,22). The van der Waals surface area contributed by atoms with E-state index < -0.39 is 11.3 Å². The fraction of sp³-hybridized carbons (Fsp3) is 0.118.